The van der Waals surface area contributed by atoms with Crippen LogP contribution in [-0.2, 0) is 28.6 Å². The number of ether oxygens (including phenoxy) is 3. The highest BCUT2D eigenvalue weighted by atomic mass is 16.6. The van der Waals surface area contributed by atoms with Gasteiger partial charge in [-0.25, -0.2) is 4.79 Å². The van der Waals surface area contributed by atoms with Gasteiger partial charge in [0.25, 0.3) is 0 Å². The van der Waals surface area contributed by atoms with E-state index in [9.17, 15) is 19.5 Å². The van der Waals surface area contributed by atoms with Crippen molar-refractivity contribution in [2.75, 3.05) is 41.0 Å². The Morgan fingerprint density at radius 2 is 0.918 bits per heavy atom. The Morgan fingerprint density at radius 3 is 1.38 bits per heavy atom. The Kier molecular flexibility index (Phi) is 41.5. The van der Waals surface area contributed by atoms with Gasteiger partial charge in [0.2, 0.25) is 0 Å². The lowest BCUT2D eigenvalue weighted by molar-refractivity contribution is -0.887. The fourth-order valence-electron chi connectivity index (χ4n) is 7.03. The van der Waals surface area contributed by atoms with E-state index in [1.807, 2.05) is 21.1 Å². The number of carboxylic acid groups (broad SMARTS) is 1. The van der Waals surface area contributed by atoms with E-state index in [0.717, 1.165) is 70.6 Å². The van der Waals surface area contributed by atoms with E-state index in [-0.39, 0.29) is 36.2 Å². The maximum Gasteiger partial charge on any atom is 0.362 e. The summed E-state index contributed by atoms with van der Waals surface area (Å²) in [5.74, 6) is -1.49. The first-order valence-electron chi connectivity index (χ1n) is 24.8. The molecule has 8 nitrogen and oxygen atoms in total. The summed E-state index contributed by atoms with van der Waals surface area (Å²) < 4.78 is 17.3. The first-order valence-corrected chi connectivity index (χ1v) is 24.8. The number of hydrogen-bond acceptors (Lipinski definition) is 6. The van der Waals surface area contributed by atoms with Crippen LogP contribution < -0.4 is 0 Å². The second-order valence-electron chi connectivity index (χ2n) is 17.7. The standard InChI is InChI=1S/C53H93NO7/c1-6-8-10-12-14-16-18-20-22-23-24-25-26-27-28-30-31-33-35-37-39-41-43-51(55)60-48-49(47-59-46-45-50(53(57)58)54(3,4)5)61-52(56)44-42-40-38-36-34-32-29-21-19-17-15-13-11-9-7-2/h14-17,19-22,24-25,49-50H,6-13,18,23,26-48H2,1-5H3/p+1/b16-14+,17-15+,21-19+,22-20+,25-24+. The molecule has 0 spiro atoms. The van der Waals surface area contributed by atoms with E-state index in [1.54, 1.807) is 0 Å². The van der Waals surface area contributed by atoms with E-state index in [2.05, 4.69) is 74.6 Å². The molecule has 8 heteroatoms. The summed E-state index contributed by atoms with van der Waals surface area (Å²) >= 11 is 0. The molecule has 0 aliphatic rings. The number of likely N-dealkylation sites (N-methyl/N-ethyl adjacent to an activating group) is 1. The highest BCUT2D eigenvalue weighted by Crippen LogP contribution is 2.14. The fraction of sp³-hybridized carbons (Fsp3) is 0.755. The third kappa shape index (κ3) is 42.1. The van der Waals surface area contributed by atoms with Crippen molar-refractivity contribution in [2.24, 2.45) is 0 Å². The van der Waals surface area contributed by atoms with Gasteiger partial charge in [0.15, 0.2) is 12.1 Å². The number of carbonyl (C=O) groups is 3. The number of nitrogens with zero attached hydrogens (tertiary/aromatic N) is 1. The van der Waals surface area contributed by atoms with E-state index < -0.39 is 18.1 Å². The van der Waals surface area contributed by atoms with Crippen LogP contribution in [0.3, 0.4) is 0 Å². The Hall–Kier alpha value is -2.97. The predicted octanol–water partition coefficient (Wildman–Crippen LogP) is 14.1. The van der Waals surface area contributed by atoms with Crippen LogP contribution in [0.5, 0.6) is 0 Å². The summed E-state index contributed by atoms with van der Waals surface area (Å²) in [7, 11) is 5.52. The maximum absolute atomic E-state index is 12.8. The molecule has 0 heterocycles. The van der Waals surface area contributed by atoms with Gasteiger partial charge in [-0.2, -0.15) is 0 Å². The number of carbonyl (C=O) groups excluding carboxylic acids is 2. The van der Waals surface area contributed by atoms with Crippen molar-refractivity contribution in [1.29, 1.82) is 0 Å². The topological polar surface area (TPSA) is 99.1 Å². The van der Waals surface area contributed by atoms with Crippen molar-refractivity contribution in [1.82, 2.24) is 0 Å². The van der Waals surface area contributed by atoms with Gasteiger partial charge in [-0.1, -0.05) is 171 Å². The Morgan fingerprint density at radius 1 is 0.508 bits per heavy atom. The zero-order valence-electron chi connectivity index (χ0n) is 40.1. The van der Waals surface area contributed by atoms with Gasteiger partial charge in [0.05, 0.1) is 34.4 Å². The molecular weight excluding hydrogens is 763 g/mol. The summed E-state index contributed by atoms with van der Waals surface area (Å²) in [5.41, 5.74) is 0. The van der Waals surface area contributed by atoms with Gasteiger partial charge in [0.1, 0.15) is 6.61 Å². The number of unbranched alkanes of at least 4 members (excludes halogenated alkanes) is 21. The normalized spacial score (nSPS) is 13.4. The first-order chi connectivity index (χ1) is 29.6. The summed E-state index contributed by atoms with van der Waals surface area (Å²) in [4.78, 5) is 37.1. The van der Waals surface area contributed by atoms with Crippen LogP contribution in [0.25, 0.3) is 0 Å². The van der Waals surface area contributed by atoms with Crippen molar-refractivity contribution < 1.29 is 38.2 Å². The number of aliphatic carboxylic acids is 1. The minimum atomic E-state index is -0.879. The minimum absolute atomic E-state index is 0.0530. The van der Waals surface area contributed by atoms with E-state index >= 15 is 0 Å². The molecule has 0 aliphatic heterocycles. The van der Waals surface area contributed by atoms with Crippen molar-refractivity contribution in [3.8, 4) is 0 Å². The number of quaternary nitrogens is 1. The highest BCUT2D eigenvalue weighted by Gasteiger charge is 2.31. The van der Waals surface area contributed by atoms with Gasteiger partial charge in [-0.15, -0.1) is 0 Å². The zero-order chi connectivity index (χ0) is 44.9. The smallest absolute Gasteiger partial charge is 0.362 e. The molecule has 0 aromatic heterocycles. The molecule has 1 N–H and O–H groups in total. The lowest BCUT2D eigenvalue weighted by Crippen LogP contribution is -2.50. The number of hydrogen-bond donors (Lipinski definition) is 1. The largest absolute Gasteiger partial charge is 0.477 e. The van der Waals surface area contributed by atoms with Crippen LogP contribution >= 0.6 is 0 Å². The summed E-state index contributed by atoms with van der Waals surface area (Å²) in [6.07, 6.45) is 54.0. The van der Waals surface area contributed by atoms with Crippen molar-refractivity contribution in [2.45, 2.75) is 219 Å². The SMILES string of the molecule is CCCCC/C=C/C=C/CCCCCCCCC(=O)OC(COCCC(C(=O)O)[N+](C)(C)C)COC(=O)CCCCCCCCCCC/C=C/C/C=C/C/C=C/CCCCC. The molecule has 61 heavy (non-hydrogen) atoms. The van der Waals surface area contributed by atoms with Gasteiger partial charge in [0, 0.05) is 19.3 Å². The van der Waals surface area contributed by atoms with E-state index in [4.69, 9.17) is 14.2 Å². The monoisotopic (exact) mass is 857 g/mol. The van der Waals surface area contributed by atoms with Crippen LogP contribution in [0.2, 0.25) is 0 Å². The predicted molar refractivity (Wildman–Crippen MR) is 257 cm³/mol. The van der Waals surface area contributed by atoms with E-state index in [0.29, 0.717) is 19.3 Å². The van der Waals surface area contributed by atoms with Crippen LogP contribution in [0.4, 0.5) is 0 Å². The van der Waals surface area contributed by atoms with Crippen LogP contribution in [0.1, 0.15) is 206 Å². The molecule has 0 bridgehead atoms. The van der Waals surface area contributed by atoms with Crippen molar-refractivity contribution in [3.05, 3.63) is 60.8 Å². The van der Waals surface area contributed by atoms with Gasteiger partial charge < -0.3 is 23.8 Å². The number of rotatable bonds is 44. The van der Waals surface area contributed by atoms with Crippen LogP contribution in [0, 0.1) is 0 Å². The fourth-order valence-corrected chi connectivity index (χ4v) is 7.03. The van der Waals surface area contributed by atoms with Gasteiger partial charge in [-0.3, -0.25) is 9.59 Å². The second-order valence-corrected chi connectivity index (χ2v) is 17.7. The molecule has 0 saturated carbocycles. The number of carboxylic acids is 1. The average Bonchev–Trinajstić information content (AvgIpc) is 3.22. The van der Waals surface area contributed by atoms with E-state index in [1.165, 1.54) is 103 Å². The summed E-state index contributed by atoms with van der Waals surface area (Å²) in [6, 6.07) is -0.620. The molecule has 0 rings (SSSR count). The molecular formula is C53H94NO7+. The minimum Gasteiger partial charge on any atom is -0.477 e. The Labute approximate surface area is 375 Å². The lowest BCUT2D eigenvalue weighted by atomic mass is 10.1. The summed E-state index contributed by atoms with van der Waals surface area (Å²) in [5, 5.41) is 9.64. The average molecular weight is 857 g/mol. The second kappa shape index (κ2) is 43.7. The molecule has 0 aromatic rings. The molecule has 0 aromatic carbocycles. The molecule has 2 atom stereocenters. The molecule has 0 radical (unpaired) electrons. The highest BCUT2D eigenvalue weighted by molar-refractivity contribution is 5.72. The number of esters is 2. The van der Waals surface area contributed by atoms with Crippen LogP contribution in [-0.4, -0.2) is 80.6 Å². The van der Waals surface area contributed by atoms with Crippen molar-refractivity contribution in [3.63, 3.8) is 0 Å². The third-order valence-corrected chi connectivity index (χ3v) is 10.9. The quantitative estimate of drug-likeness (QED) is 0.0214. The van der Waals surface area contributed by atoms with Crippen molar-refractivity contribution >= 4 is 17.9 Å². The molecule has 0 amide bonds. The van der Waals surface area contributed by atoms with Crippen LogP contribution in [0.15, 0.2) is 60.8 Å². The molecule has 2 unspecified atom stereocenters. The van der Waals surface area contributed by atoms with Gasteiger partial charge in [-0.05, 0) is 77.0 Å². The molecule has 0 fully saturated rings. The maximum atomic E-state index is 12.8. The molecule has 0 saturated heterocycles. The lowest BCUT2D eigenvalue weighted by Gasteiger charge is -2.31. The zero-order valence-corrected chi connectivity index (χ0v) is 40.1. The third-order valence-electron chi connectivity index (χ3n) is 10.9. The molecule has 0 aliphatic carbocycles. The Balaban J connectivity index is 4.27. The first kappa shape index (κ1) is 58.0. The summed E-state index contributed by atoms with van der Waals surface area (Å²) in [6.45, 7) is 4.67. The number of allylic oxidation sites excluding steroid dienone is 10. The molecule has 352 valence electrons. The Bertz CT molecular complexity index is 1180. The van der Waals surface area contributed by atoms with Gasteiger partial charge >= 0.3 is 17.9 Å².